The first-order valence-electron chi connectivity index (χ1n) is 8.85. The minimum atomic E-state index is -0.511. The number of nitrogens with zero attached hydrogens (tertiary/aromatic N) is 2. The van der Waals surface area contributed by atoms with Gasteiger partial charge in [0.1, 0.15) is 5.82 Å². The van der Waals surface area contributed by atoms with Gasteiger partial charge in [-0.2, -0.15) is 0 Å². The van der Waals surface area contributed by atoms with E-state index >= 15 is 0 Å². The molecule has 1 heterocycles. The van der Waals surface area contributed by atoms with Crippen LogP contribution in [0.15, 0.2) is 12.4 Å². The third kappa shape index (κ3) is 8.54. The largest absolute Gasteiger partial charge is 0.390 e. The second kappa shape index (κ2) is 10.0. The van der Waals surface area contributed by atoms with Crippen LogP contribution in [0.5, 0.6) is 0 Å². The summed E-state index contributed by atoms with van der Waals surface area (Å²) >= 11 is 0. The SMILES string of the molecule is CCc1nccn1CCCNCC[C@H](C)CCCC(C)(C)O. The van der Waals surface area contributed by atoms with E-state index in [0.29, 0.717) is 0 Å². The minimum Gasteiger partial charge on any atom is -0.390 e. The molecule has 0 aliphatic carbocycles. The van der Waals surface area contributed by atoms with E-state index in [1.807, 2.05) is 20.0 Å². The summed E-state index contributed by atoms with van der Waals surface area (Å²) in [6.45, 7) is 11.5. The van der Waals surface area contributed by atoms with Gasteiger partial charge < -0.3 is 15.0 Å². The predicted octanol–water partition coefficient (Wildman–Crippen LogP) is 3.39. The molecular formula is C18H35N3O. The highest BCUT2D eigenvalue weighted by Crippen LogP contribution is 2.17. The zero-order chi connectivity index (χ0) is 16.4. The first kappa shape index (κ1) is 19.2. The van der Waals surface area contributed by atoms with Gasteiger partial charge >= 0.3 is 0 Å². The predicted molar refractivity (Wildman–Crippen MR) is 93.0 cm³/mol. The van der Waals surface area contributed by atoms with E-state index in [-0.39, 0.29) is 0 Å². The van der Waals surface area contributed by atoms with Gasteiger partial charge in [-0.1, -0.05) is 26.7 Å². The third-order valence-corrected chi connectivity index (χ3v) is 4.17. The van der Waals surface area contributed by atoms with Crippen molar-refractivity contribution in [2.24, 2.45) is 5.92 Å². The summed E-state index contributed by atoms with van der Waals surface area (Å²) in [5.74, 6) is 1.91. The van der Waals surface area contributed by atoms with Crippen LogP contribution in [0.1, 0.15) is 65.6 Å². The molecule has 128 valence electrons. The maximum atomic E-state index is 9.70. The van der Waals surface area contributed by atoms with Crippen LogP contribution in [0.4, 0.5) is 0 Å². The molecule has 0 bridgehead atoms. The molecule has 0 fully saturated rings. The van der Waals surface area contributed by atoms with Crippen molar-refractivity contribution < 1.29 is 5.11 Å². The molecule has 22 heavy (non-hydrogen) atoms. The normalized spacial score (nSPS) is 13.5. The van der Waals surface area contributed by atoms with Crippen LogP contribution < -0.4 is 5.32 Å². The van der Waals surface area contributed by atoms with Crippen LogP contribution in [-0.4, -0.2) is 33.3 Å². The summed E-state index contributed by atoms with van der Waals surface area (Å²) in [5, 5.41) is 13.2. The van der Waals surface area contributed by atoms with Gasteiger partial charge in [0.25, 0.3) is 0 Å². The first-order chi connectivity index (χ1) is 10.4. The second-order valence-electron chi connectivity index (χ2n) is 7.09. The summed E-state index contributed by atoms with van der Waals surface area (Å²) in [5.41, 5.74) is -0.511. The van der Waals surface area contributed by atoms with Crippen molar-refractivity contribution in [3.63, 3.8) is 0 Å². The summed E-state index contributed by atoms with van der Waals surface area (Å²) in [6.07, 6.45) is 10.6. The zero-order valence-electron chi connectivity index (χ0n) is 14.9. The van der Waals surface area contributed by atoms with Gasteiger partial charge in [-0.3, -0.25) is 0 Å². The van der Waals surface area contributed by atoms with E-state index in [1.54, 1.807) is 0 Å². The molecule has 0 aromatic carbocycles. The topological polar surface area (TPSA) is 50.1 Å². The van der Waals surface area contributed by atoms with Gasteiger partial charge in [0.05, 0.1) is 5.60 Å². The van der Waals surface area contributed by atoms with Crippen molar-refractivity contribution in [3.8, 4) is 0 Å². The zero-order valence-corrected chi connectivity index (χ0v) is 14.9. The van der Waals surface area contributed by atoms with Crippen LogP contribution in [0, 0.1) is 5.92 Å². The Balaban J connectivity index is 1.99. The second-order valence-corrected chi connectivity index (χ2v) is 7.09. The van der Waals surface area contributed by atoms with Gasteiger partial charge in [-0.25, -0.2) is 4.98 Å². The lowest BCUT2D eigenvalue weighted by Crippen LogP contribution is -2.21. The molecule has 0 spiro atoms. The number of rotatable bonds is 12. The average Bonchev–Trinajstić information content (AvgIpc) is 2.88. The number of aryl methyl sites for hydroxylation is 2. The smallest absolute Gasteiger partial charge is 0.108 e. The summed E-state index contributed by atoms with van der Waals surface area (Å²) in [6, 6.07) is 0. The molecule has 0 aliphatic rings. The van der Waals surface area contributed by atoms with E-state index < -0.39 is 5.60 Å². The monoisotopic (exact) mass is 309 g/mol. The molecule has 0 radical (unpaired) electrons. The molecule has 0 amide bonds. The van der Waals surface area contributed by atoms with Crippen molar-refractivity contribution in [2.75, 3.05) is 13.1 Å². The Bertz CT molecular complexity index is 395. The fourth-order valence-electron chi connectivity index (χ4n) is 2.73. The molecule has 0 unspecified atom stereocenters. The third-order valence-electron chi connectivity index (χ3n) is 4.17. The molecule has 2 N–H and O–H groups in total. The average molecular weight is 309 g/mol. The lowest BCUT2D eigenvalue weighted by molar-refractivity contribution is 0.0669. The quantitative estimate of drug-likeness (QED) is 0.582. The standard InChI is InChI=1S/C18H35N3O/c1-5-17-20-13-15-21(17)14-7-11-19-12-9-16(2)8-6-10-18(3,4)22/h13,15-16,19,22H,5-12,14H2,1-4H3/t16-/m1/s1. The molecule has 4 nitrogen and oxygen atoms in total. The van der Waals surface area contributed by atoms with E-state index in [2.05, 4.69) is 34.9 Å². The van der Waals surface area contributed by atoms with Crippen molar-refractivity contribution in [3.05, 3.63) is 18.2 Å². The Morgan fingerprint density at radius 1 is 1.27 bits per heavy atom. The fourth-order valence-corrected chi connectivity index (χ4v) is 2.73. The number of hydrogen-bond acceptors (Lipinski definition) is 3. The highest BCUT2D eigenvalue weighted by atomic mass is 16.3. The maximum Gasteiger partial charge on any atom is 0.108 e. The van der Waals surface area contributed by atoms with Crippen molar-refractivity contribution in [1.82, 2.24) is 14.9 Å². The summed E-state index contributed by atoms with van der Waals surface area (Å²) < 4.78 is 2.25. The molecule has 1 rings (SSSR count). The van der Waals surface area contributed by atoms with Crippen LogP contribution in [0.25, 0.3) is 0 Å². The number of nitrogens with one attached hydrogen (secondary N) is 1. The van der Waals surface area contributed by atoms with Crippen molar-refractivity contribution >= 4 is 0 Å². The van der Waals surface area contributed by atoms with E-state index in [4.69, 9.17) is 0 Å². The molecule has 0 aliphatic heterocycles. The van der Waals surface area contributed by atoms with Crippen LogP contribution in [0.2, 0.25) is 0 Å². The van der Waals surface area contributed by atoms with Gasteiger partial charge in [-0.05, 0) is 52.1 Å². The maximum absolute atomic E-state index is 9.70. The number of hydrogen-bond donors (Lipinski definition) is 2. The van der Waals surface area contributed by atoms with Crippen LogP contribution >= 0.6 is 0 Å². The van der Waals surface area contributed by atoms with Gasteiger partial charge in [0, 0.05) is 25.4 Å². The Morgan fingerprint density at radius 3 is 2.73 bits per heavy atom. The first-order valence-corrected chi connectivity index (χ1v) is 8.85. The van der Waals surface area contributed by atoms with Gasteiger partial charge in [0.2, 0.25) is 0 Å². The van der Waals surface area contributed by atoms with Crippen molar-refractivity contribution in [1.29, 1.82) is 0 Å². The summed E-state index contributed by atoms with van der Waals surface area (Å²) in [7, 11) is 0. The lowest BCUT2D eigenvalue weighted by Gasteiger charge is -2.18. The van der Waals surface area contributed by atoms with Crippen LogP contribution in [0.3, 0.4) is 0 Å². The summed E-state index contributed by atoms with van der Waals surface area (Å²) in [4.78, 5) is 4.34. The lowest BCUT2D eigenvalue weighted by atomic mass is 9.95. The Kier molecular flexibility index (Phi) is 8.72. The fraction of sp³-hybridized carbons (Fsp3) is 0.833. The Labute approximate surface area is 136 Å². The highest BCUT2D eigenvalue weighted by Gasteiger charge is 2.12. The molecule has 0 saturated carbocycles. The van der Waals surface area contributed by atoms with Gasteiger partial charge in [0.15, 0.2) is 0 Å². The number of aliphatic hydroxyl groups is 1. The van der Waals surface area contributed by atoms with Crippen LogP contribution in [-0.2, 0) is 13.0 Å². The van der Waals surface area contributed by atoms with E-state index in [1.165, 1.54) is 18.7 Å². The minimum absolute atomic E-state index is 0.511. The number of imidazole rings is 1. The van der Waals surface area contributed by atoms with Crippen molar-refractivity contribution in [2.45, 2.75) is 78.4 Å². The molecule has 0 saturated heterocycles. The Morgan fingerprint density at radius 2 is 2.05 bits per heavy atom. The molecule has 1 aromatic heterocycles. The Hall–Kier alpha value is -0.870. The molecular weight excluding hydrogens is 274 g/mol. The molecule has 1 atom stereocenters. The van der Waals surface area contributed by atoms with Gasteiger partial charge in [-0.15, -0.1) is 0 Å². The van der Waals surface area contributed by atoms with E-state index in [9.17, 15) is 5.11 Å². The molecule has 1 aromatic rings. The highest BCUT2D eigenvalue weighted by molar-refractivity contribution is 4.91. The van der Waals surface area contributed by atoms with E-state index in [0.717, 1.165) is 51.2 Å². The number of aromatic nitrogens is 2. The molecule has 4 heteroatoms.